The van der Waals surface area contributed by atoms with Crippen LogP contribution in [0.15, 0.2) is 54.7 Å². The second-order valence-electron chi connectivity index (χ2n) is 4.67. The standard InChI is InChI=1S/C17H15NO2/c1-20-17-10-13-7-8-18-15(14(13)11-16(17)19)9-12-5-3-2-4-6-12/h2-8,10-11,19H,9H2,1H3. The van der Waals surface area contributed by atoms with E-state index in [1.54, 1.807) is 19.4 Å². The molecule has 0 saturated heterocycles. The number of phenolic OH excluding ortho intramolecular Hbond substituents is 1. The lowest BCUT2D eigenvalue weighted by atomic mass is 10.0. The first-order valence-corrected chi connectivity index (χ1v) is 6.46. The Balaban J connectivity index is 2.09. The van der Waals surface area contributed by atoms with Crippen LogP contribution in [0.3, 0.4) is 0 Å². The average molecular weight is 265 g/mol. The Bertz CT molecular complexity index is 739. The third-order valence-electron chi connectivity index (χ3n) is 3.36. The smallest absolute Gasteiger partial charge is 0.161 e. The number of pyridine rings is 1. The molecular formula is C17H15NO2. The van der Waals surface area contributed by atoms with Crippen molar-refractivity contribution in [3.63, 3.8) is 0 Å². The molecule has 0 aliphatic rings. The van der Waals surface area contributed by atoms with Crippen LogP contribution in [0, 0.1) is 0 Å². The van der Waals surface area contributed by atoms with Crippen molar-refractivity contribution in [3.8, 4) is 11.5 Å². The van der Waals surface area contributed by atoms with Crippen LogP contribution in [0.1, 0.15) is 11.3 Å². The number of aromatic hydroxyl groups is 1. The van der Waals surface area contributed by atoms with Gasteiger partial charge in [0.15, 0.2) is 11.5 Å². The highest BCUT2D eigenvalue weighted by molar-refractivity contribution is 5.88. The van der Waals surface area contributed by atoms with Gasteiger partial charge in [-0.15, -0.1) is 0 Å². The van der Waals surface area contributed by atoms with Gasteiger partial charge in [0, 0.05) is 18.0 Å². The summed E-state index contributed by atoms with van der Waals surface area (Å²) in [5.41, 5.74) is 2.15. The zero-order valence-electron chi connectivity index (χ0n) is 11.2. The second kappa shape index (κ2) is 5.21. The maximum absolute atomic E-state index is 9.95. The first kappa shape index (κ1) is 12.5. The van der Waals surface area contributed by atoms with Gasteiger partial charge in [-0.2, -0.15) is 0 Å². The van der Waals surface area contributed by atoms with E-state index < -0.39 is 0 Å². The van der Waals surface area contributed by atoms with Crippen molar-refractivity contribution in [3.05, 3.63) is 66.0 Å². The Hall–Kier alpha value is -2.55. The largest absolute Gasteiger partial charge is 0.504 e. The lowest BCUT2D eigenvalue weighted by Gasteiger charge is -2.09. The molecule has 3 aromatic rings. The Morgan fingerprint density at radius 1 is 1.10 bits per heavy atom. The Labute approximate surface area is 117 Å². The summed E-state index contributed by atoms with van der Waals surface area (Å²) in [5, 5.41) is 11.9. The Morgan fingerprint density at radius 3 is 2.65 bits per heavy atom. The van der Waals surface area contributed by atoms with Crippen molar-refractivity contribution in [2.75, 3.05) is 7.11 Å². The minimum atomic E-state index is 0.141. The predicted molar refractivity (Wildman–Crippen MR) is 79.2 cm³/mol. The van der Waals surface area contributed by atoms with Crippen molar-refractivity contribution in [1.82, 2.24) is 4.98 Å². The number of hydrogen-bond acceptors (Lipinski definition) is 3. The molecule has 1 N–H and O–H groups in total. The molecule has 0 aliphatic heterocycles. The summed E-state index contributed by atoms with van der Waals surface area (Å²) in [5.74, 6) is 0.622. The number of methoxy groups -OCH3 is 1. The molecule has 0 fully saturated rings. The van der Waals surface area contributed by atoms with Crippen LogP contribution < -0.4 is 4.74 Å². The Morgan fingerprint density at radius 2 is 1.90 bits per heavy atom. The molecule has 0 unspecified atom stereocenters. The minimum absolute atomic E-state index is 0.141. The molecule has 100 valence electrons. The molecule has 0 atom stereocenters. The van der Waals surface area contributed by atoms with E-state index >= 15 is 0 Å². The number of aromatic nitrogens is 1. The fourth-order valence-corrected chi connectivity index (χ4v) is 2.34. The molecule has 0 radical (unpaired) electrons. The zero-order chi connectivity index (χ0) is 13.9. The van der Waals surface area contributed by atoms with E-state index in [1.165, 1.54) is 5.56 Å². The maximum Gasteiger partial charge on any atom is 0.161 e. The molecule has 3 nitrogen and oxygen atoms in total. The SMILES string of the molecule is COc1cc2ccnc(Cc3ccccc3)c2cc1O. The highest BCUT2D eigenvalue weighted by atomic mass is 16.5. The van der Waals surface area contributed by atoms with Gasteiger partial charge in [-0.3, -0.25) is 4.98 Å². The fraction of sp³-hybridized carbons (Fsp3) is 0.118. The quantitative estimate of drug-likeness (QED) is 0.787. The summed E-state index contributed by atoms with van der Waals surface area (Å²) in [6, 6.07) is 15.7. The van der Waals surface area contributed by atoms with Crippen LogP contribution in [0.2, 0.25) is 0 Å². The van der Waals surface area contributed by atoms with Crippen LogP contribution in [0.4, 0.5) is 0 Å². The van der Waals surface area contributed by atoms with E-state index in [-0.39, 0.29) is 5.75 Å². The van der Waals surface area contributed by atoms with Gasteiger partial charge in [-0.25, -0.2) is 0 Å². The van der Waals surface area contributed by atoms with Crippen molar-refractivity contribution in [2.24, 2.45) is 0 Å². The van der Waals surface area contributed by atoms with Gasteiger partial charge in [0.05, 0.1) is 12.8 Å². The molecule has 20 heavy (non-hydrogen) atoms. The van der Waals surface area contributed by atoms with Crippen LogP contribution in [0.25, 0.3) is 10.8 Å². The van der Waals surface area contributed by atoms with Gasteiger partial charge in [0.25, 0.3) is 0 Å². The molecular weight excluding hydrogens is 250 g/mol. The number of rotatable bonds is 3. The molecule has 0 amide bonds. The van der Waals surface area contributed by atoms with Crippen LogP contribution in [0.5, 0.6) is 11.5 Å². The number of nitrogens with zero attached hydrogens (tertiary/aromatic N) is 1. The highest BCUT2D eigenvalue weighted by Gasteiger charge is 2.08. The molecule has 3 heteroatoms. The third kappa shape index (κ3) is 2.30. The number of fused-ring (bicyclic) bond motifs is 1. The predicted octanol–water partition coefficient (Wildman–Crippen LogP) is 3.54. The van der Waals surface area contributed by atoms with E-state index in [1.807, 2.05) is 30.3 Å². The van der Waals surface area contributed by atoms with Gasteiger partial charge in [0.2, 0.25) is 0 Å². The third-order valence-corrected chi connectivity index (χ3v) is 3.36. The molecule has 0 aliphatic carbocycles. The van der Waals surface area contributed by atoms with E-state index in [2.05, 4.69) is 17.1 Å². The van der Waals surface area contributed by atoms with E-state index in [4.69, 9.17) is 4.74 Å². The number of hydrogen-bond donors (Lipinski definition) is 1. The van der Waals surface area contributed by atoms with Crippen molar-refractivity contribution >= 4 is 10.8 Å². The van der Waals surface area contributed by atoms with Crippen LogP contribution >= 0.6 is 0 Å². The molecule has 0 spiro atoms. The fourth-order valence-electron chi connectivity index (χ4n) is 2.34. The summed E-state index contributed by atoms with van der Waals surface area (Å²) in [6.45, 7) is 0. The molecule has 3 rings (SSSR count). The normalized spacial score (nSPS) is 10.7. The molecule has 1 aromatic heterocycles. The first-order chi connectivity index (χ1) is 9.78. The van der Waals surface area contributed by atoms with Gasteiger partial charge in [-0.05, 0) is 29.1 Å². The number of ether oxygens (including phenoxy) is 1. The lowest BCUT2D eigenvalue weighted by Crippen LogP contribution is -1.94. The minimum Gasteiger partial charge on any atom is -0.504 e. The number of benzene rings is 2. The van der Waals surface area contributed by atoms with E-state index in [9.17, 15) is 5.11 Å². The number of phenols is 1. The van der Waals surface area contributed by atoms with Crippen molar-refractivity contribution in [1.29, 1.82) is 0 Å². The molecule has 2 aromatic carbocycles. The summed E-state index contributed by atoms with van der Waals surface area (Å²) in [6.07, 6.45) is 2.53. The zero-order valence-corrected chi connectivity index (χ0v) is 11.2. The summed E-state index contributed by atoms with van der Waals surface area (Å²) >= 11 is 0. The monoisotopic (exact) mass is 265 g/mol. The highest BCUT2D eigenvalue weighted by Crippen LogP contribution is 2.32. The second-order valence-corrected chi connectivity index (χ2v) is 4.67. The van der Waals surface area contributed by atoms with Gasteiger partial charge >= 0.3 is 0 Å². The van der Waals surface area contributed by atoms with Gasteiger partial charge in [-0.1, -0.05) is 30.3 Å². The van der Waals surface area contributed by atoms with Crippen molar-refractivity contribution < 1.29 is 9.84 Å². The van der Waals surface area contributed by atoms with Gasteiger partial charge in [0.1, 0.15) is 0 Å². The maximum atomic E-state index is 9.95. The van der Waals surface area contributed by atoms with E-state index in [0.717, 1.165) is 22.9 Å². The lowest BCUT2D eigenvalue weighted by molar-refractivity contribution is 0.374. The summed E-state index contributed by atoms with van der Waals surface area (Å²) < 4.78 is 5.14. The average Bonchev–Trinajstić information content (AvgIpc) is 2.48. The van der Waals surface area contributed by atoms with Crippen molar-refractivity contribution in [2.45, 2.75) is 6.42 Å². The first-order valence-electron chi connectivity index (χ1n) is 6.46. The molecule has 0 saturated carbocycles. The van der Waals surface area contributed by atoms with Crippen LogP contribution in [-0.2, 0) is 6.42 Å². The van der Waals surface area contributed by atoms with Crippen LogP contribution in [-0.4, -0.2) is 17.2 Å². The van der Waals surface area contributed by atoms with Gasteiger partial charge < -0.3 is 9.84 Å². The topological polar surface area (TPSA) is 42.4 Å². The summed E-state index contributed by atoms with van der Waals surface area (Å²) in [4.78, 5) is 4.45. The van der Waals surface area contributed by atoms with E-state index in [0.29, 0.717) is 5.75 Å². The summed E-state index contributed by atoms with van der Waals surface area (Å²) in [7, 11) is 1.55. The molecule has 1 heterocycles. The Kier molecular flexibility index (Phi) is 3.25. The molecule has 0 bridgehead atoms.